The van der Waals surface area contributed by atoms with Crippen LogP contribution in [0.4, 0.5) is 26.4 Å². The summed E-state index contributed by atoms with van der Waals surface area (Å²) in [5.74, 6) is -2.03. The number of fused-ring (bicyclic) bond motifs is 1. The predicted octanol–water partition coefficient (Wildman–Crippen LogP) is 5.38. The van der Waals surface area contributed by atoms with Gasteiger partial charge >= 0.3 is 0 Å². The van der Waals surface area contributed by atoms with Crippen molar-refractivity contribution >= 4 is 34.5 Å². The Labute approximate surface area is 199 Å². The molecule has 1 aliphatic carbocycles. The minimum Gasteiger partial charge on any atom is -0.457 e. The molecule has 9 nitrogen and oxygen atoms in total. The van der Waals surface area contributed by atoms with Crippen LogP contribution in [0.15, 0.2) is 47.1 Å². The van der Waals surface area contributed by atoms with Crippen molar-refractivity contribution in [3.8, 4) is 11.5 Å². The highest BCUT2D eigenvalue weighted by Crippen LogP contribution is 2.49. The van der Waals surface area contributed by atoms with E-state index < -0.39 is 24.2 Å². The standard InChI is InChI=1S/C24H24F2N6O3/c1-23(2,3)18-11-20(31-35-18)30-22-28-16-6-5-13(9-17(16)32(22)4)34-14-7-8-27-19(10-14)29-21(33)15-12-24(15,25)26/h5-11,15H,12H2,1-4H3,(H,27,29,33)(H,28,30,31). The summed E-state index contributed by atoms with van der Waals surface area (Å²) in [6.07, 6.45) is 0.995. The van der Waals surface area contributed by atoms with Crippen LogP contribution in [0.3, 0.4) is 0 Å². The number of carbonyl (C=O) groups excluding carboxylic acids is 1. The van der Waals surface area contributed by atoms with Gasteiger partial charge in [-0.05, 0) is 18.2 Å². The lowest BCUT2D eigenvalue weighted by atomic mass is 9.93. The number of alkyl halides is 2. The molecule has 0 saturated heterocycles. The van der Waals surface area contributed by atoms with E-state index in [0.717, 1.165) is 16.8 Å². The monoisotopic (exact) mass is 482 g/mol. The van der Waals surface area contributed by atoms with Gasteiger partial charge < -0.3 is 24.5 Å². The molecule has 0 radical (unpaired) electrons. The molecule has 1 aromatic carbocycles. The molecule has 182 valence electrons. The number of carbonyl (C=O) groups is 1. The summed E-state index contributed by atoms with van der Waals surface area (Å²) in [7, 11) is 1.86. The third-order valence-electron chi connectivity index (χ3n) is 5.70. The summed E-state index contributed by atoms with van der Waals surface area (Å²) in [6.45, 7) is 6.12. The number of amides is 1. The number of aryl methyl sites for hydroxylation is 1. The number of nitrogens with zero attached hydrogens (tertiary/aromatic N) is 4. The number of rotatable bonds is 6. The zero-order chi connectivity index (χ0) is 25.0. The second kappa shape index (κ2) is 8.03. The third-order valence-corrected chi connectivity index (χ3v) is 5.70. The van der Waals surface area contributed by atoms with Crippen molar-refractivity contribution in [1.29, 1.82) is 0 Å². The molecule has 1 fully saturated rings. The molecule has 1 atom stereocenters. The Hall–Kier alpha value is -4.02. The number of anilines is 3. The van der Waals surface area contributed by atoms with Crippen molar-refractivity contribution in [3.63, 3.8) is 0 Å². The van der Waals surface area contributed by atoms with Gasteiger partial charge in [-0.15, -0.1) is 0 Å². The van der Waals surface area contributed by atoms with E-state index in [4.69, 9.17) is 9.26 Å². The molecule has 0 spiro atoms. The average Bonchev–Trinajstić information content (AvgIpc) is 3.09. The van der Waals surface area contributed by atoms with Gasteiger partial charge in [0.05, 0.1) is 11.0 Å². The lowest BCUT2D eigenvalue weighted by molar-refractivity contribution is -0.119. The highest BCUT2D eigenvalue weighted by Gasteiger charge is 2.61. The van der Waals surface area contributed by atoms with Gasteiger partial charge in [0.1, 0.15) is 29.0 Å². The van der Waals surface area contributed by atoms with Gasteiger partial charge in [-0.3, -0.25) is 4.79 Å². The molecular weight excluding hydrogens is 458 g/mol. The van der Waals surface area contributed by atoms with Crippen LogP contribution >= 0.6 is 0 Å². The van der Waals surface area contributed by atoms with Gasteiger partial charge in [0.15, 0.2) is 5.82 Å². The van der Waals surface area contributed by atoms with E-state index in [1.54, 1.807) is 12.1 Å². The molecule has 1 unspecified atom stereocenters. The summed E-state index contributed by atoms with van der Waals surface area (Å²) in [5.41, 5.74) is 1.39. The molecule has 5 rings (SSSR count). The first kappa shape index (κ1) is 22.8. The van der Waals surface area contributed by atoms with Crippen LogP contribution in [0.5, 0.6) is 11.5 Å². The third kappa shape index (κ3) is 4.66. The minimum absolute atomic E-state index is 0.144. The number of imidazole rings is 1. The Morgan fingerprint density at radius 2 is 1.91 bits per heavy atom. The first-order valence-corrected chi connectivity index (χ1v) is 11.0. The van der Waals surface area contributed by atoms with E-state index in [2.05, 4.69) is 25.8 Å². The molecule has 1 amide bonds. The topological polar surface area (TPSA) is 107 Å². The molecule has 11 heteroatoms. The molecular formula is C24H24F2N6O3. The number of pyridine rings is 1. The molecule has 4 aromatic rings. The van der Waals surface area contributed by atoms with Gasteiger partial charge in [-0.25, -0.2) is 18.7 Å². The normalized spacial score (nSPS) is 16.8. The van der Waals surface area contributed by atoms with Gasteiger partial charge in [-0.2, -0.15) is 0 Å². The highest BCUT2D eigenvalue weighted by molar-refractivity contribution is 5.94. The molecule has 3 heterocycles. The second-order valence-corrected chi connectivity index (χ2v) is 9.58. The SMILES string of the molecule is Cn1c(Nc2cc(C(C)(C)C)on2)nc2ccc(Oc3ccnc(NC(=O)C4CC4(F)F)c3)cc21. The number of ether oxygens (including phenoxy) is 1. The summed E-state index contributed by atoms with van der Waals surface area (Å²) in [4.78, 5) is 20.5. The van der Waals surface area contributed by atoms with Crippen molar-refractivity contribution < 1.29 is 22.8 Å². The zero-order valence-corrected chi connectivity index (χ0v) is 19.6. The van der Waals surface area contributed by atoms with Crippen LogP contribution in [0.25, 0.3) is 11.0 Å². The lowest BCUT2D eigenvalue weighted by Crippen LogP contribution is -2.18. The Morgan fingerprint density at radius 1 is 1.17 bits per heavy atom. The fourth-order valence-corrected chi connectivity index (χ4v) is 3.54. The number of hydrogen-bond acceptors (Lipinski definition) is 7. The van der Waals surface area contributed by atoms with Gasteiger partial charge in [0.25, 0.3) is 5.92 Å². The smallest absolute Gasteiger partial charge is 0.260 e. The number of nitrogens with one attached hydrogen (secondary N) is 2. The molecule has 2 N–H and O–H groups in total. The fourth-order valence-electron chi connectivity index (χ4n) is 3.54. The minimum atomic E-state index is -2.94. The molecule has 1 aliphatic rings. The van der Waals surface area contributed by atoms with E-state index in [0.29, 0.717) is 23.3 Å². The molecule has 0 aliphatic heterocycles. The van der Waals surface area contributed by atoms with E-state index >= 15 is 0 Å². The number of benzene rings is 1. The average molecular weight is 482 g/mol. The van der Waals surface area contributed by atoms with E-state index in [-0.39, 0.29) is 11.2 Å². The van der Waals surface area contributed by atoms with Crippen LogP contribution < -0.4 is 15.4 Å². The number of halogens is 2. The maximum atomic E-state index is 13.1. The Bertz CT molecular complexity index is 1420. The molecule has 0 bridgehead atoms. The fraction of sp³-hybridized carbons (Fsp3) is 0.333. The van der Waals surface area contributed by atoms with Crippen molar-refractivity contribution in [2.45, 2.75) is 38.5 Å². The van der Waals surface area contributed by atoms with Gasteiger partial charge in [0, 0.05) is 43.3 Å². The van der Waals surface area contributed by atoms with Gasteiger partial charge in [-0.1, -0.05) is 25.9 Å². The highest BCUT2D eigenvalue weighted by atomic mass is 19.3. The van der Waals surface area contributed by atoms with Crippen LogP contribution in [0, 0.1) is 5.92 Å². The summed E-state index contributed by atoms with van der Waals surface area (Å²) in [6, 6.07) is 10.3. The van der Waals surface area contributed by atoms with Gasteiger partial charge in [0.2, 0.25) is 11.9 Å². The predicted molar refractivity (Wildman–Crippen MR) is 125 cm³/mol. The molecule has 35 heavy (non-hydrogen) atoms. The molecule has 1 saturated carbocycles. The van der Waals surface area contributed by atoms with E-state index in [1.165, 1.54) is 12.3 Å². The number of aromatic nitrogens is 4. The van der Waals surface area contributed by atoms with Crippen molar-refractivity contribution in [3.05, 3.63) is 48.4 Å². The quantitative estimate of drug-likeness (QED) is 0.380. The van der Waals surface area contributed by atoms with E-state index in [1.807, 2.05) is 50.6 Å². The first-order chi connectivity index (χ1) is 16.5. The zero-order valence-electron chi connectivity index (χ0n) is 19.6. The summed E-state index contributed by atoms with van der Waals surface area (Å²) in [5, 5.41) is 9.66. The molecule has 3 aromatic heterocycles. The maximum Gasteiger partial charge on any atom is 0.260 e. The summed E-state index contributed by atoms with van der Waals surface area (Å²) >= 11 is 0. The van der Waals surface area contributed by atoms with Crippen LogP contribution in [-0.4, -0.2) is 31.5 Å². The first-order valence-electron chi connectivity index (χ1n) is 11.0. The Balaban J connectivity index is 1.32. The Kier molecular flexibility index (Phi) is 5.22. The van der Waals surface area contributed by atoms with Crippen molar-refractivity contribution in [2.24, 2.45) is 13.0 Å². The lowest BCUT2D eigenvalue weighted by Gasteiger charge is -2.12. The van der Waals surface area contributed by atoms with Crippen LogP contribution in [-0.2, 0) is 17.3 Å². The van der Waals surface area contributed by atoms with E-state index in [9.17, 15) is 13.6 Å². The summed E-state index contributed by atoms with van der Waals surface area (Å²) < 4.78 is 39.5. The maximum absolute atomic E-state index is 13.1. The van der Waals surface area contributed by atoms with Crippen LogP contribution in [0.2, 0.25) is 0 Å². The largest absolute Gasteiger partial charge is 0.457 e. The van der Waals surface area contributed by atoms with Crippen molar-refractivity contribution in [1.82, 2.24) is 19.7 Å². The second-order valence-electron chi connectivity index (χ2n) is 9.58. The van der Waals surface area contributed by atoms with Crippen LogP contribution in [0.1, 0.15) is 33.0 Å². The van der Waals surface area contributed by atoms with Crippen molar-refractivity contribution in [2.75, 3.05) is 10.6 Å². The number of hydrogen-bond donors (Lipinski definition) is 2. The Morgan fingerprint density at radius 3 is 2.60 bits per heavy atom.